The molecule has 0 N–H and O–H groups in total. The monoisotopic (exact) mass is 378 g/mol. The van der Waals surface area contributed by atoms with Crippen LogP contribution in [0.4, 0.5) is 10.8 Å². The molecule has 8 heteroatoms. The van der Waals surface area contributed by atoms with Crippen molar-refractivity contribution in [2.24, 2.45) is 0 Å². The molecule has 1 fully saturated rings. The number of anilines is 2. The first-order chi connectivity index (χ1) is 11.9. The summed E-state index contributed by atoms with van der Waals surface area (Å²) in [6.07, 6.45) is 2.02. The molecule has 2 aliphatic heterocycles. The van der Waals surface area contributed by atoms with Crippen LogP contribution in [0.5, 0.6) is 0 Å². The number of nitrogens with zero attached hydrogens (tertiary/aromatic N) is 4. The summed E-state index contributed by atoms with van der Waals surface area (Å²) in [5.74, 6) is 0. The van der Waals surface area contributed by atoms with E-state index < -0.39 is 10.0 Å². The first kappa shape index (κ1) is 16.8. The number of likely N-dealkylation sites (N-methyl/N-ethyl adjacent to an activating group) is 1. The molecule has 0 spiro atoms. The molecule has 1 aromatic heterocycles. The predicted octanol–water partition coefficient (Wildman–Crippen LogP) is 1.88. The Morgan fingerprint density at radius 1 is 1.12 bits per heavy atom. The number of benzene rings is 1. The molecule has 0 aliphatic carbocycles. The average Bonchev–Trinajstić information content (AvgIpc) is 3.21. The van der Waals surface area contributed by atoms with Crippen LogP contribution in [0.1, 0.15) is 5.56 Å². The van der Waals surface area contributed by atoms with Gasteiger partial charge in [0.1, 0.15) is 0 Å². The highest BCUT2D eigenvalue weighted by Crippen LogP contribution is 2.35. The lowest BCUT2D eigenvalue weighted by Gasteiger charge is -2.32. The van der Waals surface area contributed by atoms with E-state index in [1.807, 2.05) is 12.1 Å². The zero-order valence-electron chi connectivity index (χ0n) is 14.5. The van der Waals surface area contributed by atoms with E-state index in [1.54, 1.807) is 11.3 Å². The smallest absolute Gasteiger partial charge is 0.232 e. The number of piperazine rings is 1. The number of sulfonamides is 1. The molecule has 1 saturated heterocycles. The Hall–Kier alpha value is -1.64. The van der Waals surface area contributed by atoms with Crippen molar-refractivity contribution in [2.75, 3.05) is 55.2 Å². The topological polar surface area (TPSA) is 56.8 Å². The Morgan fingerprint density at radius 3 is 2.60 bits per heavy atom. The molecule has 0 amide bonds. The molecule has 6 nitrogen and oxygen atoms in total. The lowest BCUT2D eigenvalue weighted by atomic mass is 10.1. The second-order valence-electron chi connectivity index (χ2n) is 6.73. The fourth-order valence-electron chi connectivity index (χ4n) is 3.42. The predicted molar refractivity (Wildman–Crippen MR) is 103 cm³/mol. The highest BCUT2D eigenvalue weighted by Gasteiger charge is 2.26. The van der Waals surface area contributed by atoms with E-state index in [0.717, 1.165) is 60.2 Å². The van der Waals surface area contributed by atoms with Gasteiger partial charge in [0.15, 0.2) is 5.13 Å². The van der Waals surface area contributed by atoms with Gasteiger partial charge in [-0.15, -0.1) is 11.3 Å². The molecule has 2 aliphatic rings. The fourth-order valence-corrected chi connectivity index (χ4v) is 5.26. The molecule has 3 heterocycles. The maximum absolute atomic E-state index is 11.9. The third kappa shape index (κ3) is 3.26. The zero-order valence-corrected chi connectivity index (χ0v) is 16.1. The van der Waals surface area contributed by atoms with Crippen molar-refractivity contribution in [3.8, 4) is 11.3 Å². The Kier molecular flexibility index (Phi) is 4.21. The van der Waals surface area contributed by atoms with Gasteiger partial charge in [-0.2, -0.15) is 0 Å². The van der Waals surface area contributed by atoms with E-state index in [4.69, 9.17) is 4.98 Å². The summed E-state index contributed by atoms with van der Waals surface area (Å²) in [6, 6.07) is 5.97. The van der Waals surface area contributed by atoms with E-state index >= 15 is 0 Å². The van der Waals surface area contributed by atoms with Crippen LogP contribution in [0.15, 0.2) is 23.6 Å². The molecular weight excluding hydrogens is 356 g/mol. The van der Waals surface area contributed by atoms with Gasteiger partial charge in [-0.1, -0.05) is 6.07 Å². The summed E-state index contributed by atoms with van der Waals surface area (Å²) in [5.41, 5.74) is 3.92. The van der Waals surface area contributed by atoms with Crippen molar-refractivity contribution in [1.82, 2.24) is 9.88 Å². The molecule has 25 heavy (non-hydrogen) atoms. The van der Waals surface area contributed by atoms with E-state index in [1.165, 1.54) is 10.6 Å². The van der Waals surface area contributed by atoms with E-state index in [-0.39, 0.29) is 0 Å². The number of hydrogen-bond acceptors (Lipinski definition) is 6. The molecule has 1 aromatic carbocycles. The van der Waals surface area contributed by atoms with Crippen molar-refractivity contribution >= 4 is 32.2 Å². The van der Waals surface area contributed by atoms with Gasteiger partial charge < -0.3 is 9.80 Å². The summed E-state index contributed by atoms with van der Waals surface area (Å²) in [6.45, 7) is 4.68. The molecule has 4 rings (SSSR count). The normalized spacial score (nSPS) is 18.6. The Labute approximate surface area is 152 Å². The van der Waals surface area contributed by atoms with E-state index in [0.29, 0.717) is 6.54 Å². The third-order valence-electron chi connectivity index (χ3n) is 4.89. The van der Waals surface area contributed by atoms with Crippen molar-refractivity contribution in [3.05, 3.63) is 29.1 Å². The molecular formula is C17H22N4O2S2. The minimum atomic E-state index is -3.20. The Morgan fingerprint density at radius 2 is 1.88 bits per heavy atom. The van der Waals surface area contributed by atoms with Crippen LogP contribution >= 0.6 is 11.3 Å². The molecule has 134 valence electrons. The van der Waals surface area contributed by atoms with Gasteiger partial charge in [-0.3, -0.25) is 4.31 Å². The largest absolute Gasteiger partial charge is 0.346 e. The summed E-state index contributed by atoms with van der Waals surface area (Å²) in [5, 5.41) is 3.17. The first-order valence-corrected chi connectivity index (χ1v) is 11.1. The Balaban J connectivity index is 1.58. The molecule has 0 radical (unpaired) electrons. The van der Waals surface area contributed by atoms with Gasteiger partial charge in [0.25, 0.3) is 0 Å². The van der Waals surface area contributed by atoms with Gasteiger partial charge in [0, 0.05) is 43.7 Å². The quantitative estimate of drug-likeness (QED) is 0.816. The van der Waals surface area contributed by atoms with Crippen LogP contribution in [0.25, 0.3) is 11.3 Å². The number of hydrogen-bond donors (Lipinski definition) is 0. The number of fused-ring (bicyclic) bond motifs is 1. The van der Waals surface area contributed by atoms with Crippen LogP contribution in [-0.4, -0.2) is 64.3 Å². The lowest BCUT2D eigenvalue weighted by molar-refractivity contribution is 0.313. The maximum Gasteiger partial charge on any atom is 0.232 e. The summed E-state index contributed by atoms with van der Waals surface area (Å²) in [7, 11) is -1.05. The van der Waals surface area contributed by atoms with Crippen molar-refractivity contribution in [2.45, 2.75) is 6.42 Å². The molecule has 2 aromatic rings. The number of rotatable bonds is 3. The van der Waals surface area contributed by atoms with Crippen LogP contribution in [0.3, 0.4) is 0 Å². The Bertz CT molecular complexity index is 886. The molecule has 0 atom stereocenters. The van der Waals surface area contributed by atoms with E-state index in [2.05, 4.69) is 28.3 Å². The highest BCUT2D eigenvalue weighted by atomic mass is 32.2. The van der Waals surface area contributed by atoms with Crippen molar-refractivity contribution in [1.29, 1.82) is 0 Å². The highest BCUT2D eigenvalue weighted by molar-refractivity contribution is 7.92. The van der Waals surface area contributed by atoms with Crippen molar-refractivity contribution in [3.63, 3.8) is 0 Å². The van der Waals surface area contributed by atoms with Crippen molar-refractivity contribution < 1.29 is 8.42 Å². The summed E-state index contributed by atoms with van der Waals surface area (Å²) < 4.78 is 25.2. The summed E-state index contributed by atoms with van der Waals surface area (Å²) >= 11 is 1.68. The zero-order chi connectivity index (χ0) is 17.6. The molecule has 0 saturated carbocycles. The molecule has 0 bridgehead atoms. The van der Waals surface area contributed by atoms with Crippen LogP contribution in [0.2, 0.25) is 0 Å². The second-order valence-corrected chi connectivity index (χ2v) is 9.48. The minimum absolute atomic E-state index is 0.529. The standard InChI is InChI=1S/C17H22N4O2S2/c1-19-7-9-20(10-8-19)17-18-15(12-24-17)13-3-4-16-14(11-13)5-6-21(16)25(2,22)23/h3-4,11-12H,5-10H2,1-2H3. The first-order valence-electron chi connectivity index (χ1n) is 8.42. The maximum atomic E-state index is 11.9. The second kappa shape index (κ2) is 6.26. The third-order valence-corrected chi connectivity index (χ3v) is 6.98. The minimum Gasteiger partial charge on any atom is -0.346 e. The molecule has 0 unspecified atom stereocenters. The van der Waals surface area contributed by atoms with Gasteiger partial charge >= 0.3 is 0 Å². The van der Waals surface area contributed by atoms with Gasteiger partial charge in [0.2, 0.25) is 10.0 Å². The average molecular weight is 379 g/mol. The van der Waals surface area contributed by atoms with Crippen LogP contribution < -0.4 is 9.21 Å². The SMILES string of the molecule is CN1CCN(c2nc(-c3ccc4c(c3)CCN4S(C)(=O)=O)cs2)CC1. The summed E-state index contributed by atoms with van der Waals surface area (Å²) in [4.78, 5) is 9.49. The number of aromatic nitrogens is 1. The van der Waals surface area contributed by atoms with E-state index in [9.17, 15) is 8.42 Å². The van der Waals surface area contributed by atoms with Gasteiger partial charge in [0.05, 0.1) is 17.6 Å². The fraction of sp³-hybridized carbons (Fsp3) is 0.471. The van der Waals surface area contributed by atoms with Crippen LogP contribution in [-0.2, 0) is 16.4 Å². The lowest BCUT2D eigenvalue weighted by Crippen LogP contribution is -2.44. The van der Waals surface area contributed by atoms with Crippen LogP contribution in [0, 0.1) is 0 Å². The number of thiazole rings is 1. The van der Waals surface area contributed by atoms with Gasteiger partial charge in [-0.25, -0.2) is 13.4 Å². The van der Waals surface area contributed by atoms with Gasteiger partial charge in [-0.05, 0) is 31.2 Å².